The molecule has 2 aromatic carbocycles. The lowest BCUT2D eigenvalue weighted by Crippen LogP contribution is -2.46. The van der Waals surface area contributed by atoms with Crippen LogP contribution in [0.25, 0.3) is 0 Å². The number of para-hydroxylation sites is 1. The maximum absolute atomic E-state index is 2.49. The van der Waals surface area contributed by atoms with Gasteiger partial charge in [0.25, 0.3) is 0 Å². The summed E-state index contributed by atoms with van der Waals surface area (Å²) in [4.78, 5) is 4.96. The molecule has 2 aromatic rings. The Hall–Kier alpha value is -1.96. The highest BCUT2D eigenvalue weighted by molar-refractivity contribution is 5.53. The lowest BCUT2D eigenvalue weighted by Gasteiger charge is -2.37. The fourth-order valence-electron chi connectivity index (χ4n) is 2.78. The van der Waals surface area contributed by atoms with Crippen molar-refractivity contribution in [3.63, 3.8) is 0 Å². The number of piperazine rings is 1. The number of aryl methyl sites for hydroxylation is 2. The van der Waals surface area contributed by atoms with Gasteiger partial charge in [-0.1, -0.05) is 24.3 Å². The molecule has 2 heteroatoms. The molecule has 0 amide bonds. The molecule has 1 aliphatic rings. The van der Waals surface area contributed by atoms with E-state index in [0.29, 0.717) is 0 Å². The third kappa shape index (κ3) is 2.64. The van der Waals surface area contributed by atoms with Gasteiger partial charge in [-0.15, -0.1) is 0 Å². The van der Waals surface area contributed by atoms with Crippen molar-refractivity contribution in [2.75, 3.05) is 36.0 Å². The van der Waals surface area contributed by atoms with Gasteiger partial charge in [-0.25, -0.2) is 0 Å². The average Bonchev–Trinajstić information content (AvgIpc) is 2.51. The molecule has 1 aliphatic heterocycles. The molecule has 1 heterocycles. The van der Waals surface area contributed by atoms with Crippen LogP contribution in [0.1, 0.15) is 11.1 Å². The number of hydrogen-bond donors (Lipinski definition) is 0. The van der Waals surface area contributed by atoms with E-state index in [1.54, 1.807) is 0 Å². The van der Waals surface area contributed by atoms with Crippen LogP contribution < -0.4 is 9.80 Å². The Morgan fingerprint density at radius 3 is 1.85 bits per heavy atom. The summed E-state index contributed by atoms with van der Waals surface area (Å²) in [6, 6.07) is 17.5. The predicted octanol–water partition coefficient (Wildman–Crippen LogP) is 3.63. The highest BCUT2D eigenvalue weighted by Gasteiger charge is 2.17. The van der Waals surface area contributed by atoms with Gasteiger partial charge in [0.2, 0.25) is 0 Å². The summed E-state index contributed by atoms with van der Waals surface area (Å²) in [7, 11) is 0. The molecule has 0 saturated carbocycles. The van der Waals surface area contributed by atoms with E-state index >= 15 is 0 Å². The van der Waals surface area contributed by atoms with E-state index in [1.807, 2.05) is 0 Å². The van der Waals surface area contributed by atoms with Crippen LogP contribution in [0, 0.1) is 13.8 Å². The largest absolute Gasteiger partial charge is 0.368 e. The zero-order valence-corrected chi connectivity index (χ0v) is 12.3. The third-order valence-corrected chi connectivity index (χ3v) is 4.26. The van der Waals surface area contributed by atoms with E-state index in [1.165, 1.54) is 22.5 Å². The second-order valence-corrected chi connectivity index (χ2v) is 5.58. The lowest BCUT2D eigenvalue weighted by atomic mass is 10.1. The normalized spacial score (nSPS) is 15.5. The average molecular weight is 266 g/mol. The van der Waals surface area contributed by atoms with Gasteiger partial charge < -0.3 is 9.80 Å². The van der Waals surface area contributed by atoms with Gasteiger partial charge in [-0.05, 0) is 49.2 Å². The predicted molar refractivity (Wildman–Crippen MR) is 86.8 cm³/mol. The quantitative estimate of drug-likeness (QED) is 0.819. The Labute approximate surface area is 121 Å². The van der Waals surface area contributed by atoms with E-state index in [-0.39, 0.29) is 0 Å². The molecule has 20 heavy (non-hydrogen) atoms. The summed E-state index contributed by atoms with van der Waals surface area (Å²) in [6.07, 6.45) is 0. The molecule has 0 bridgehead atoms. The number of anilines is 2. The molecule has 3 rings (SSSR count). The van der Waals surface area contributed by atoms with E-state index < -0.39 is 0 Å². The van der Waals surface area contributed by atoms with Crippen LogP contribution >= 0.6 is 0 Å². The fourth-order valence-corrected chi connectivity index (χ4v) is 2.78. The minimum absolute atomic E-state index is 1.09. The molecule has 0 unspecified atom stereocenters. The Bertz CT molecular complexity index is 569. The Morgan fingerprint density at radius 1 is 0.650 bits per heavy atom. The molecule has 2 nitrogen and oxygen atoms in total. The van der Waals surface area contributed by atoms with Crippen LogP contribution in [0.3, 0.4) is 0 Å². The first kappa shape index (κ1) is 13.0. The number of rotatable bonds is 2. The van der Waals surface area contributed by atoms with E-state index in [4.69, 9.17) is 0 Å². The van der Waals surface area contributed by atoms with E-state index in [0.717, 1.165) is 26.2 Å². The number of hydrogen-bond acceptors (Lipinski definition) is 2. The van der Waals surface area contributed by atoms with Gasteiger partial charge >= 0.3 is 0 Å². The zero-order valence-electron chi connectivity index (χ0n) is 12.3. The number of nitrogens with zero attached hydrogens (tertiary/aromatic N) is 2. The Kier molecular flexibility index (Phi) is 3.64. The molecular weight excluding hydrogens is 244 g/mol. The smallest absolute Gasteiger partial charge is 0.0370 e. The minimum atomic E-state index is 1.09. The Morgan fingerprint density at radius 2 is 1.25 bits per heavy atom. The maximum atomic E-state index is 2.49. The fraction of sp³-hybridized carbons (Fsp3) is 0.333. The molecule has 0 radical (unpaired) electrons. The van der Waals surface area contributed by atoms with Gasteiger partial charge in [-0.2, -0.15) is 0 Å². The number of benzene rings is 2. The summed E-state index contributed by atoms with van der Waals surface area (Å²) in [6.45, 7) is 8.74. The first-order valence-electron chi connectivity index (χ1n) is 7.36. The molecule has 0 atom stereocenters. The third-order valence-electron chi connectivity index (χ3n) is 4.26. The summed E-state index contributed by atoms with van der Waals surface area (Å²) in [5.74, 6) is 0. The van der Waals surface area contributed by atoms with Crippen molar-refractivity contribution < 1.29 is 0 Å². The molecule has 0 N–H and O–H groups in total. The first-order chi connectivity index (χ1) is 9.74. The van der Waals surface area contributed by atoms with Crippen molar-refractivity contribution in [1.82, 2.24) is 0 Å². The molecule has 0 spiro atoms. The standard InChI is InChI=1S/C18H22N2/c1-15-8-9-18(14-16(15)2)20-12-10-19(11-13-20)17-6-4-3-5-7-17/h3-9,14H,10-13H2,1-2H3. The highest BCUT2D eigenvalue weighted by atomic mass is 15.3. The van der Waals surface area contributed by atoms with Crippen LogP contribution in [0.2, 0.25) is 0 Å². The van der Waals surface area contributed by atoms with Crippen molar-refractivity contribution in [1.29, 1.82) is 0 Å². The summed E-state index contributed by atoms with van der Waals surface area (Å²) in [5, 5.41) is 0. The molecular formula is C18H22N2. The van der Waals surface area contributed by atoms with Gasteiger partial charge in [-0.3, -0.25) is 0 Å². The van der Waals surface area contributed by atoms with Crippen molar-refractivity contribution in [3.8, 4) is 0 Å². The first-order valence-corrected chi connectivity index (χ1v) is 7.36. The summed E-state index contributed by atoms with van der Waals surface area (Å²) < 4.78 is 0. The lowest BCUT2D eigenvalue weighted by molar-refractivity contribution is 0.653. The van der Waals surface area contributed by atoms with Crippen molar-refractivity contribution in [3.05, 3.63) is 59.7 Å². The minimum Gasteiger partial charge on any atom is -0.368 e. The van der Waals surface area contributed by atoms with Crippen LogP contribution in [-0.4, -0.2) is 26.2 Å². The van der Waals surface area contributed by atoms with Crippen LogP contribution in [-0.2, 0) is 0 Å². The van der Waals surface area contributed by atoms with Crippen molar-refractivity contribution in [2.45, 2.75) is 13.8 Å². The van der Waals surface area contributed by atoms with Gasteiger partial charge in [0, 0.05) is 37.6 Å². The van der Waals surface area contributed by atoms with Crippen molar-refractivity contribution in [2.24, 2.45) is 0 Å². The molecule has 0 aliphatic carbocycles. The second kappa shape index (κ2) is 5.58. The van der Waals surface area contributed by atoms with Gasteiger partial charge in [0.15, 0.2) is 0 Å². The molecule has 1 fully saturated rings. The van der Waals surface area contributed by atoms with Gasteiger partial charge in [0.1, 0.15) is 0 Å². The highest BCUT2D eigenvalue weighted by Crippen LogP contribution is 2.22. The van der Waals surface area contributed by atoms with Crippen LogP contribution in [0.15, 0.2) is 48.5 Å². The summed E-state index contributed by atoms with van der Waals surface area (Å²) in [5.41, 5.74) is 5.46. The topological polar surface area (TPSA) is 6.48 Å². The summed E-state index contributed by atoms with van der Waals surface area (Å²) >= 11 is 0. The SMILES string of the molecule is Cc1ccc(N2CCN(c3ccccc3)CC2)cc1C. The van der Waals surface area contributed by atoms with E-state index in [2.05, 4.69) is 72.2 Å². The molecule has 104 valence electrons. The second-order valence-electron chi connectivity index (χ2n) is 5.58. The Balaban J connectivity index is 1.68. The monoisotopic (exact) mass is 266 g/mol. The van der Waals surface area contributed by atoms with Crippen LogP contribution in [0.5, 0.6) is 0 Å². The van der Waals surface area contributed by atoms with Crippen LogP contribution in [0.4, 0.5) is 11.4 Å². The maximum Gasteiger partial charge on any atom is 0.0370 e. The van der Waals surface area contributed by atoms with Gasteiger partial charge in [0.05, 0.1) is 0 Å². The van der Waals surface area contributed by atoms with E-state index in [9.17, 15) is 0 Å². The molecule has 1 saturated heterocycles. The zero-order chi connectivity index (χ0) is 13.9. The van der Waals surface area contributed by atoms with Crippen molar-refractivity contribution >= 4 is 11.4 Å². The molecule has 0 aromatic heterocycles.